The van der Waals surface area contributed by atoms with Crippen molar-refractivity contribution in [2.75, 3.05) is 14.2 Å². The molecule has 0 spiro atoms. The van der Waals surface area contributed by atoms with Crippen molar-refractivity contribution in [3.8, 4) is 11.5 Å². The van der Waals surface area contributed by atoms with E-state index in [1.807, 2.05) is 0 Å². The second-order valence-electron chi connectivity index (χ2n) is 8.49. The minimum atomic E-state index is -1.74. The summed E-state index contributed by atoms with van der Waals surface area (Å²) in [5.74, 6) is -8.25. The van der Waals surface area contributed by atoms with Gasteiger partial charge < -0.3 is 29.9 Å². The summed E-state index contributed by atoms with van der Waals surface area (Å²) in [7, 11) is 2.87. The molecular formula is C24H24N2O10. The summed E-state index contributed by atoms with van der Waals surface area (Å²) < 4.78 is 10.3. The normalized spacial score (nSPS) is 27.8. The molecule has 36 heavy (non-hydrogen) atoms. The van der Waals surface area contributed by atoms with Crippen LogP contribution in [0.3, 0.4) is 0 Å². The zero-order valence-electron chi connectivity index (χ0n) is 19.2. The summed E-state index contributed by atoms with van der Waals surface area (Å²) in [5.41, 5.74) is 0.616. The average molecular weight is 500 g/mol. The molecule has 2 aliphatic rings. The SMILES string of the molecule is COc1ccc([C@@H]2[C@H](C(=O)O)[C@H](C(=O)O)N3[C@H](c4ccc(OC)cc4)[C@@H](C(=O)O)[C@@H](C(=O)O)N23)cc1. The minimum absolute atomic E-state index is 0.308. The van der Waals surface area contributed by atoms with Crippen molar-refractivity contribution in [3.05, 3.63) is 59.7 Å². The molecule has 4 N–H and O–H groups in total. The Bertz CT molecular complexity index is 1090. The maximum Gasteiger partial charge on any atom is 0.323 e. The third-order valence-corrected chi connectivity index (χ3v) is 6.76. The first-order valence-electron chi connectivity index (χ1n) is 10.9. The molecule has 0 amide bonds. The molecule has 12 nitrogen and oxygen atoms in total. The number of hydrazine groups is 1. The number of ether oxygens (including phenoxy) is 2. The van der Waals surface area contributed by atoms with Crippen LogP contribution in [0.25, 0.3) is 0 Å². The average Bonchev–Trinajstić information content (AvgIpc) is 3.37. The van der Waals surface area contributed by atoms with E-state index in [0.717, 1.165) is 10.0 Å². The fraction of sp³-hybridized carbons (Fsp3) is 0.333. The lowest BCUT2D eigenvalue weighted by molar-refractivity contribution is -0.156. The van der Waals surface area contributed by atoms with Gasteiger partial charge in [0, 0.05) is 0 Å². The number of methoxy groups -OCH3 is 2. The fourth-order valence-electron chi connectivity index (χ4n) is 5.32. The number of nitrogens with zero attached hydrogens (tertiary/aromatic N) is 2. The molecule has 2 saturated heterocycles. The standard InChI is InChI=1S/C24H24N2O10/c1-35-13-7-3-11(4-8-13)17-15(21(27)28)19(23(31)32)26-18(12-5-9-14(36-2)10-6-12)16(22(29)30)20(24(33)34)25(17)26/h3-10,15-20H,1-2H3,(H,27,28)(H,29,30)(H,31,32)(H,33,34)/t15-,16+,17-,18-,19+,20-/m1/s1. The smallest absolute Gasteiger partial charge is 0.323 e. The monoisotopic (exact) mass is 500 g/mol. The Morgan fingerprint density at radius 3 is 1.11 bits per heavy atom. The van der Waals surface area contributed by atoms with Crippen LogP contribution in [0.2, 0.25) is 0 Å². The van der Waals surface area contributed by atoms with Crippen molar-refractivity contribution in [3.63, 3.8) is 0 Å². The number of rotatable bonds is 8. The van der Waals surface area contributed by atoms with E-state index in [9.17, 15) is 39.6 Å². The molecule has 2 aliphatic heterocycles. The van der Waals surface area contributed by atoms with E-state index in [2.05, 4.69) is 0 Å². The molecule has 190 valence electrons. The van der Waals surface area contributed by atoms with Crippen molar-refractivity contribution >= 4 is 23.9 Å². The van der Waals surface area contributed by atoms with Crippen LogP contribution >= 0.6 is 0 Å². The summed E-state index contributed by atoms with van der Waals surface area (Å²) in [6, 6.07) is 6.15. The summed E-state index contributed by atoms with van der Waals surface area (Å²) >= 11 is 0. The van der Waals surface area contributed by atoms with Crippen LogP contribution in [0.1, 0.15) is 23.2 Å². The second-order valence-corrected chi connectivity index (χ2v) is 8.49. The summed E-state index contributed by atoms with van der Waals surface area (Å²) in [5, 5.41) is 42.8. The molecule has 12 heteroatoms. The van der Waals surface area contributed by atoms with Crippen molar-refractivity contribution in [2.24, 2.45) is 11.8 Å². The fourth-order valence-corrected chi connectivity index (χ4v) is 5.32. The van der Waals surface area contributed by atoms with Crippen molar-refractivity contribution < 1.29 is 49.1 Å². The highest BCUT2D eigenvalue weighted by Crippen LogP contribution is 2.55. The first-order valence-corrected chi connectivity index (χ1v) is 10.9. The highest BCUT2D eigenvalue weighted by molar-refractivity contribution is 5.88. The molecule has 2 aromatic rings. The van der Waals surface area contributed by atoms with Crippen LogP contribution in [0.5, 0.6) is 11.5 Å². The Balaban J connectivity index is 1.97. The van der Waals surface area contributed by atoms with Crippen molar-refractivity contribution in [1.29, 1.82) is 0 Å². The van der Waals surface area contributed by atoms with E-state index in [1.165, 1.54) is 62.8 Å². The van der Waals surface area contributed by atoms with Crippen LogP contribution in [0.4, 0.5) is 0 Å². The maximum absolute atomic E-state index is 12.5. The van der Waals surface area contributed by atoms with Crippen LogP contribution in [-0.2, 0) is 19.2 Å². The van der Waals surface area contributed by atoms with E-state index < -0.39 is 59.9 Å². The number of carboxylic acid groups (broad SMARTS) is 4. The first kappa shape index (κ1) is 24.9. The number of carbonyl (C=O) groups is 4. The third kappa shape index (κ3) is 3.89. The number of carboxylic acids is 4. The number of hydrogen-bond acceptors (Lipinski definition) is 8. The minimum Gasteiger partial charge on any atom is -0.497 e. The van der Waals surface area contributed by atoms with Gasteiger partial charge in [0.1, 0.15) is 35.4 Å². The van der Waals surface area contributed by atoms with Gasteiger partial charge in [-0.3, -0.25) is 19.2 Å². The molecular weight excluding hydrogens is 476 g/mol. The molecule has 4 rings (SSSR count). The van der Waals surface area contributed by atoms with E-state index in [-0.39, 0.29) is 0 Å². The van der Waals surface area contributed by atoms with Gasteiger partial charge in [-0.15, -0.1) is 0 Å². The maximum atomic E-state index is 12.5. The van der Waals surface area contributed by atoms with Crippen LogP contribution in [0, 0.1) is 11.8 Å². The number of fused-ring (bicyclic) bond motifs is 1. The van der Waals surface area contributed by atoms with Crippen molar-refractivity contribution in [1.82, 2.24) is 10.0 Å². The highest BCUT2D eigenvalue weighted by Gasteiger charge is 2.68. The molecule has 0 radical (unpaired) electrons. The quantitative estimate of drug-likeness (QED) is 0.410. The summed E-state index contributed by atoms with van der Waals surface area (Å²) in [6.07, 6.45) is 0. The van der Waals surface area contributed by atoms with Gasteiger partial charge in [0.15, 0.2) is 0 Å². The Hall–Kier alpha value is -4.16. The molecule has 2 fully saturated rings. The molecule has 6 atom stereocenters. The molecule has 0 aliphatic carbocycles. The summed E-state index contributed by atoms with van der Waals surface area (Å²) in [4.78, 5) is 49.9. The Morgan fingerprint density at radius 2 is 0.889 bits per heavy atom. The Morgan fingerprint density at radius 1 is 0.583 bits per heavy atom. The van der Waals surface area contributed by atoms with Gasteiger partial charge in [-0.05, 0) is 35.4 Å². The first-order chi connectivity index (χ1) is 17.1. The van der Waals surface area contributed by atoms with Crippen LogP contribution in [0.15, 0.2) is 48.5 Å². The van der Waals surface area contributed by atoms with Gasteiger partial charge >= 0.3 is 23.9 Å². The lowest BCUT2D eigenvalue weighted by Gasteiger charge is -2.32. The largest absolute Gasteiger partial charge is 0.497 e. The van der Waals surface area contributed by atoms with Crippen molar-refractivity contribution in [2.45, 2.75) is 24.2 Å². The molecule has 2 heterocycles. The van der Waals surface area contributed by atoms with Gasteiger partial charge in [-0.25, -0.2) is 10.0 Å². The topological polar surface area (TPSA) is 174 Å². The Kier molecular flexibility index (Phi) is 6.57. The Labute approximate surface area is 204 Å². The lowest BCUT2D eigenvalue weighted by Crippen LogP contribution is -2.46. The number of hydrogen-bond donors (Lipinski definition) is 4. The van der Waals surface area contributed by atoms with Gasteiger partial charge in [0.2, 0.25) is 0 Å². The van der Waals surface area contributed by atoms with E-state index in [0.29, 0.717) is 22.6 Å². The predicted octanol–water partition coefficient (Wildman–Crippen LogP) is 1.34. The highest BCUT2D eigenvalue weighted by atomic mass is 16.5. The van der Waals surface area contributed by atoms with Crippen LogP contribution in [-0.4, -0.2) is 80.6 Å². The zero-order valence-corrected chi connectivity index (χ0v) is 19.2. The third-order valence-electron chi connectivity index (χ3n) is 6.76. The lowest BCUT2D eigenvalue weighted by atomic mass is 9.82. The number of aliphatic carboxylic acids is 4. The van der Waals surface area contributed by atoms with E-state index >= 15 is 0 Å². The van der Waals surface area contributed by atoms with Gasteiger partial charge in [0.05, 0.1) is 26.3 Å². The summed E-state index contributed by atoms with van der Waals surface area (Å²) in [6.45, 7) is 0. The van der Waals surface area contributed by atoms with Gasteiger partial charge in [-0.1, -0.05) is 24.3 Å². The zero-order chi connectivity index (χ0) is 26.3. The predicted molar refractivity (Wildman–Crippen MR) is 120 cm³/mol. The molecule has 0 aromatic heterocycles. The molecule has 0 saturated carbocycles. The van der Waals surface area contributed by atoms with E-state index in [4.69, 9.17) is 9.47 Å². The number of benzene rings is 2. The molecule has 0 unspecified atom stereocenters. The second kappa shape index (κ2) is 9.47. The van der Waals surface area contributed by atoms with Gasteiger partial charge in [0.25, 0.3) is 0 Å². The van der Waals surface area contributed by atoms with Crippen LogP contribution < -0.4 is 9.47 Å². The molecule has 2 aromatic carbocycles. The van der Waals surface area contributed by atoms with Gasteiger partial charge in [-0.2, -0.15) is 0 Å². The van der Waals surface area contributed by atoms with E-state index in [1.54, 1.807) is 0 Å². The molecule has 0 bridgehead atoms.